The molecule has 1 heterocycles. The Hall–Kier alpha value is -3.61. The Morgan fingerprint density at radius 1 is 1.03 bits per heavy atom. The average molecular weight is 395 g/mol. The Kier molecular flexibility index (Phi) is 5.97. The number of hydrogen-bond donors (Lipinski definition) is 2. The molecule has 1 fully saturated rings. The van der Waals surface area contributed by atoms with E-state index in [1.807, 2.05) is 0 Å². The maximum atomic E-state index is 12.8. The molecule has 3 rings (SSSR count). The van der Waals surface area contributed by atoms with E-state index in [2.05, 4.69) is 0 Å². The molecule has 1 unspecified atom stereocenters. The number of carboxylic acids is 1. The maximum Gasteiger partial charge on any atom is 0.303 e. The van der Waals surface area contributed by atoms with Crippen LogP contribution in [0.5, 0.6) is 5.75 Å². The third kappa shape index (κ3) is 3.99. The third-order valence-electron chi connectivity index (χ3n) is 4.81. The molecule has 2 aromatic rings. The lowest BCUT2D eigenvalue weighted by atomic mass is 9.94. The first-order valence-corrected chi connectivity index (χ1v) is 9.14. The number of methoxy groups -OCH3 is 1. The lowest BCUT2D eigenvalue weighted by Crippen LogP contribution is -2.31. The van der Waals surface area contributed by atoms with Gasteiger partial charge in [0, 0.05) is 24.1 Å². The molecule has 0 saturated carbocycles. The van der Waals surface area contributed by atoms with E-state index in [4.69, 9.17) is 9.84 Å². The molecule has 0 radical (unpaired) electrons. The minimum Gasteiger partial charge on any atom is -0.507 e. The van der Waals surface area contributed by atoms with Crippen LogP contribution < -0.4 is 4.74 Å². The number of rotatable bonds is 7. The van der Waals surface area contributed by atoms with E-state index < -0.39 is 23.7 Å². The van der Waals surface area contributed by atoms with Gasteiger partial charge in [0.2, 0.25) is 0 Å². The summed E-state index contributed by atoms with van der Waals surface area (Å²) in [5.74, 6) is -2.39. The Balaban J connectivity index is 2.14. The molecule has 0 spiro atoms. The number of carbonyl (C=O) groups excluding carboxylic acids is 2. The minimum atomic E-state index is -0.986. The predicted octanol–water partition coefficient (Wildman–Crippen LogP) is 2.98. The molecule has 1 saturated heterocycles. The minimum absolute atomic E-state index is 0.0407. The number of ether oxygens (including phenoxy) is 1. The SMILES string of the molecule is COc1ccccc1C1/C(=C(\O)c2ccccc2)C(=O)C(=O)N1CCCC(=O)O. The van der Waals surface area contributed by atoms with Crippen molar-refractivity contribution in [1.82, 2.24) is 4.90 Å². The summed E-state index contributed by atoms with van der Waals surface area (Å²) in [6, 6.07) is 14.6. The van der Waals surface area contributed by atoms with Gasteiger partial charge in [-0.25, -0.2) is 0 Å². The van der Waals surface area contributed by atoms with Crippen LogP contribution in [0.1, 0.15) is 30.0 Å². The number of aliphatic carboxylic acids is 1. The van der Waals surface area contributed by atoms with Crippen LogP contribution >= 0.6 is 0 Å². The topological polar surface area (TPSA) is 104 Å². The van der Waals surface area contributed by atoms with Gasteiger partial charge >= 0.3 is 5.97 Å². The molecule has 1 atom stereocenters. The summed E-state index contributed by atoms with van der Waals surface area (Å²) in [5, 5.41) is 19.8. The number of aliphatic hydroxyl groups is 1. The quantitative estimate of drug-likeness (QED) is 0.424. The Labute approximate surface area is 167 Å². The lowest BCUT2D eigenvalue weighted by Gasteiger charge is -2.26. The molecule has 1 aliphatic rings. The van der Waals surface area contributed by atoms with Gasteiger partial charge in [-0.3, -0.25) is 14.4 Å². The van der Waals surface area contributed by atoms with Crippen molar-refractivity contribution in [3.63, 3.8) is 0 Å². The number of Topliss-reactive ketones (excluding diaryl/α,β-unsaturated/α-hetero) is 1. The number of benzene rings is 2. The van der Waals surface area contributed by atoms with Gasteiger partial charge in [-0.2, -0.15) is 0 Å². The summed E-state index contributed by atoms with van der Waals surface area (Å²) >= 11 is 0. The second-order valence-corrected chi connectivity index (χ2v) is 6.60. The predicted molar refractivity (Wildman–Crippen MR) is 105 cm³/mol. The van der Waals surface area contributed by atoms with Crippen molar-refractivity contribution >= 4 is 23.4 Å². The van der Waals surface area contributed by atoms with E-state index in [1.165, 1.54) is 12.0 Å². The molecule has 1 aliphatic heterocycles. The number of nitrogens with zero attached hydrogens (tertiary/aromatic N) is 1. The molecule has 2 aromatic carbocycles. The maximum absolute atomic E-state index is 12.8. The van der Waals surface area contributed by atoms with Crippen molar-refractivity contribution in [2.24, 2.45) is 0 Å². The molecule has 0 aromatic heterocycles. The van der Waals surface area contributed by atoms with Crippen LogP contribution in [0.15, 0.2) is 60.2 Å². The largest absolute Gasteiger partial charge is 0.507 e. The van der Waals surface area contributed by atoms with Gasteiger partial charge in [0.25, 0.3) is 11.7 Å². The first-order valence-electron chi connectivity index (χ1n) is 9.14. The Morgan fingerprint density at radius 3 is 2.34 bits per heavy atom. The summed E-state index contributed by atoms with van der Waals surface area (Å²) in [4.78, 5) is 37.8. The fourth-order valence-electron chi connectivity index (χ4n) is 3.48. The molecule has 0 aliphatic carbocycles. The zero-order valence-electron chi connectivity index (χ0n) is 15.9. The van der Waals surface area contributed by atoms with Crippen LogP contribution in [0.4, 0.5) is 0 Å². The van der Waals surface area contributed by atoms with Crippen molar-refractivity contribution in [3.8, 4) is 5.75 Å². The standard InChI is InChI=1S/C22H21NO6/c1-29-16-11-6-5-10-15(16)19-18(20(26)14-8-3-2-4-9-14)21(27)22(28)23(19)13-7-12-17(24)25/h2-6,8-11,19,26H,7,12-13H2,1H3,(H,24,25)/b20-18+. The van der Waals surface area contributed by atoms with Gasteiger partial charge in [0.1, 0.15) is 11.5 Å². The molecule has 7 heteroatoms. The summed E-state index contributed by atoms with van der Waals surface area (Å²) < 4.78 is 5.41. The van der Waals surface area contributed by atoms with Crippen LogP contribution in [0, 0.1) is 0 Å². The Morgan fingerprint density at radius 2 is 1.69 bits per heavy atom. The van der Waals surface area contributed by atoms with Gasteiger partial charge in [0.15, 0.2) is 0 Å². The van der Waals surface area contributed by atoms with E-state index in [1.54, 1.807) is 54.6 Å². The third-order valence-corrected chi connectivity index (χ3v) is 4.81. The zero-order valence-corrected chi connectivity index (χ0v) is 15.9. The summed E-state index contributed by atoms with van der Waals surface area (Å²) in [6.07, 6.45) is 0.0414. The van der Waals surface area contributed by atoms with E-state index in [-0.39, 0.29) is 30.7 Å². The highest BCUT2D eigenvalue weighted by Gasteiger charge is 2.46. The fourth-order valence-corrected chi connectivity index (χ4v) is 3.48. The lowest BCUT2D eigenvalue weighted by molar-refractivity contribution is -0.140. The van der Waals surface area contributed by atoms with Crippen molar-refractivity contribution in [3.05, 3.63) is 71.3 Å². The number of para-hydroxylation sites is 1. The van der Waals surface area contributed by atoms with Gasteiger partial charge in [0.05, 0.1) is 18.7 Å². The van der Waals surface area contributed by atoms with Gasteiger partial charge in [-0.1, -0.05) is 48.5 Å². The van der Waals surface area contributed by atoms with Gasteiger partial charge in [-0.15, -0.1) is 0 Å². The van der Waals surface area contributed by atoms with E-state index in [9.17, 15) is 19.5 Å². The highest BCUT2D eigenvalue weighted by Crippen LogP contribution is 2.42. The zero-order chi connectivity index (χ0) is 21.0. The monoisotopic (exact) mass is 395 g/mol. The number of ketones is 1. The van der Waals surface area contributed by atoms with Gasteiger partial charge < -0.3 is 19.8 Å². The summed E-state index contributed by atoms with van der Waals surface area (Å²) in [5.41, 5.74) is 0.916. The number of hydrogen-bond acceptors (Lipinski definition) is 5. The van der Waals surface area contributed by atoms with Crippen LogP contribution in [-0.2, 0) is 14.4 Å². The van der Waals surface area contributed by atoms with Crippen molar-refractivity contribution in [2.45, 2.75) is 18.9 Å². The number of aliphatic hydroxyl groups excluding tert-OH is 1. The first-order chi connectivity index (χ1) is 14.0. The second-order valence-electron chi connectivity index (χ2n) is 6.60. The molecule has 2 N–H and O–H groups in total. The van der Waals surface area contributed by atoms with Crippen LogP contribution in [0.25, 0.3) is 5.76 Å². The number of carbonyl (C=O) groups is 3. The first kappa shape index (κ1) is 20.1. The van der Waals surface area contributed by atoms with E-state index in [0.717, 1.165) is 0 Å². The van der Waals surface area contributed by atoms with Crippen molar-refractivity contribution < 1.29 is 29.3 Å². The van der Waals surface area contributed by atoms with Crippen molar-refractivity contribution in [1.29, 1.82) is 0 Å². The number of carboxylic acid groups (broad SMARTS) is 1. The van der Waals surface area contributed by atoms with Crippen LogP contribution in [-0.4, -0.2) is 46.4 Å². The molecule has 0 bridgehead atoms. The average Bonchev–Trinajstić information content (AvgIpc) is 2.98. The van der Waals surface area contributed by atoms with Crippen LogP contribution in [0.2, 0.25) is 0 Å². The van der Waals surface area contributed by atoms with E-state index >= 15 is 0 Å². The van der Waals surface area contributed by atoms with Crippen LogP contribution in [0.3, 0.4) is 0 Å². The number of amides is 1. The highest BCUT2D eigenvalue weighted by atomic mass is 16.5. The smallest absolute Gasteiger partial charge is 0.303 e. The summed E-state index contributed by atoms with van der Waals surface area (Å²) in [6.45, 7) is 0.0607. The molecule has 150 valence electrons. The normalized spacial score (nSPS) is 18.1. The fraction of sp³-hybridized carbons (Fsp3) is 0.227. The molecule has 1 amide bonds. The summed E-state index contributed by atoms with van der Waals surface area (Å²) in [7, 11) is 1.48. The Bertz CT molecular complexity index is 966. The molecular weight excluding hydrogens is 374 g/mol. The molecular formula is C22H21NO6. The van der Waals surface area contributed by atoms with Gasteiger partial charge in [-0.05, 0) is 12.5 Å². The highest BCUT2D eigenvalue weighted by molar-refractivity contribution is 6.46. The molecule has 7 nitrogen and oxygen atoms in total. The van der Waals surface area contributed by atoms with E-state index in [0.29, 0.717) is 16.9 Å². The second kappa shape index (κ2) is 8.60. The van der Waals surface area contributed by atoms with Crippen molar-refractivity contribution in [2.75, 3.05) is 13.7 Å². The molecule has 29 heavy (non-hydrogen) atoms. The number of likely N-dealkylation sites (tertiary alicyclic amines) is 1.